The van der Waals surface area contributed by atoms with Crippen LogP contribution in [0.2, 0.25) is 0 Å². The van der Waals surface area contributed by atoms with E-state index in [2.05, 4.69) is 9.88 Å². The Morgan fingerprint density at radius 1 is 1.03 bits per heavy atom. The third kappa shape index (κ3) is 4.89. The van der Waals surface area contributed by atoms with E-state index in [4.69, 9.17) is 4.74 Å². The second kappa shape index (κ2) is 10.9. The summed E-state index contributed by atoms with van der Waals surface area (Å²) in [4.78, 5) is 35.2. The minimum absolute atomic E-state index is 0.0519. The number of aryl methyl sites for hydroxylation is 1. The maximum Gasteiger partial charge on any atom is 0.300 e. The van der Waals surface area contributed by atoms with Crippen molar-refractivity contribution in [2.45, 2.75) is 52.0 Å². The van der Waals surface area contributed by atoms with Gasteiger partial charge in [0, 0.05) is 42.4 Å². The average molecular weight is 526 g/mol. The van der Waals surface area contributed by atoms with Gasteiger partial charge in [-0.15, -0.1) is 0 Å². The number of aliphatic hydroxyl groups excluding tert-OH is 1. The minimum Gasteiger partial charge on any atom is -0.507 e. The fourth-order valence-corrected chi connectivity index (χ4v) is 5.65. The van der Waals surface area contributed by atoms with E-state index in [-0.39, 0.29) is 17.3 Å². The highest BCUT2D eigenvalue weighted by molar-refractivity contribution is 6.51. The number of carbonyl (C=O) groups is 2. The Morgan fingerprint density at radius 2 is 1.72 bits per heavy atom. The van der Waals surface area contributed by atoms with E-state index in [0.717, 1.165) is 35.7 Å². The number of Topliss-reactive ketones (excluding diaryl/α,β-unsaturated/α-hetero) is 1. The van der Waals surface area contributed by atoms with Crippen LogP contribution in [0.15, 0.2) is 66.5 Å². The predicted octanol–water partition coefficient (Wildman–Crippen LogP) is 6.14. The lowest BCUT2D eigenvalue weighted by Gasteiger charge is -2.30. The summed E-state index contributed by atoms with van der Waals surface area (Å²) in [6.07, 6.45) is 6.86. The second-order valence-corrected chi connectivity index (χ2v) is 10.6. The highest BCUT2D eigenvalue weighted by Gasteiger charge is 2.47. The van der Waals surface area contributed by atoms with Gasteiger partial charge in [-0.3, -0.25) is 19.5 Å². The number of pyridine rings is 1. The molecule has 5 rings (SSSR count). The van der Waals surface area contributed by atoms with Crippen molar-refractivity contribution in [1.29, 1.82) is 0 Å². The molecule has 7 heteroatoms. The van der Waals surface area contributed by atoms with Gasteiger partial charge in [0.1, 0.15) is 11.5 Å². The number of rotatable bonds is 6. The summed E-state index contributed by atoms with van der Waals surface area (Å²) in [6.45, 7) is 7.96. The number of ether oxygens (including phenoxy) is 1. The standard InChI is InChI=1S/C32H35N3O4/c1-20(2)25-18-26(21(3)17-27(25)39-4)30(36)28-29(22-9-8-14-33-19-22)35(32(38)31(28)37)24-12-10-23(11-13-24)34-15-6-5-7-16-34/h8-14,17-20,29,36H,5-7,15-16H2,1-4H3/b30-28+. The highest BCUT2D eigenvalue weighted by atomic mass is 16.5. The number of benzene rings is 2. The summed E-state index contributed by atoms with van der Waals surface area (Å²) in [5.74, 6) is -0.745. The lowest BCUT2D eigenvalue weighted by atomic mass is 9.91. The van der Waals surface area contributed by atoms with Crippen LogP contribution in [0.4, 0.5) is 11.4 Å². The van der Waals surface area contributed by atoms with Crippen molar-refractivity contribution in [2.24, 2.45) is 0 Å². The summed E-state index contributed by atoms with van der Waals surface area (Å²) < 4.78 is 5.57. The molecule has 2 saturated heterocycles. The third-order valence-corrected chi connectivity index (χ3v) is 7.75. The Hall–Kier alpha value is -4.13. The molecule has 0 bridgehead atoms. The fourth-order valence-electron chi connectivity index (χ4n) is 5.65. The second-order valence-electron chi connectivity index (χ2n) is 10.6. The summed E-state index contributed by atoms with van der Waals surface area (Å²) in [5, 5.41) is 11.7. The van der Waals surface area contributed by atoms with E-state index in [9.17, 15) is 14.7 Å². The number of aromatic nitrogens is 1. The van der Waals surface area contributed by atoms with Crippen molar-refractivity contribution in [3.8, 4) is 5.75 Å². The largest absolute Gasteiger partial charge is 0.507 e. The lowest BCUT2D eigenvalue weighted by Crippen LogP contribution is -2.30. The molecule has 202 valence electrons. The van der Waals surface area contributed by atoms with Gasteiger partial charge in [-0.05, 0) is 91.3 Å². The van der Waals surface area contributed by atoms with Gasteiger partial charge in [-0.1, -0.05) is 19.9 Å². The maximum absolute atomic E-state index is 13.6. The van der Waals surface area contributed by atoms with Crippen molar-refractivity contribution >= 4 is 28.8 Å². The SMILES string of the molecule is COc1cc(C)c(/C(O)=C2\C(=O)C(=O)N(c3ccc(N4CCCCC4)cc3)C2c2cccnc2)cc1C(C)C. The molecule has 3 heterocycles. The molecular formula is C32H35N3O4. The first kappa shape index (κ1) is 26.5. The van der Waals surface area contributed by atoms with Crippen LogP contribution >= 0.6 is 0 Å². The number of ketones is 1. The van der Waals surface area contributed by atoms with E-state index in [0.29, 0.717) is 16.8 Å². The molecule has 0 radical (unpaired) electrons. The predicted molar refractivity (Wildman–Crippen MR) is 153 cm³/mol. The Labute approximate surface area is 229 Å². The molecule has 3 aromatic rings. The number of methoxy groups -OCH3 is 1. The van der Waals surface area contributed by atoms with Crippen molar-refractivity contribution in [1.82, 2.24) is 4.98 Å². The van der Waals surface area contributed by atoms with Crippen molar-refractivity contribution in [2.75, 3.05) is 30.0 Å². The van der Waals surface area contributed by atoms with Gasteiger partial charge in [-0.25, -0.2) is 0 Å². The number of carbonyl (C=O) groups excluding carboxylic acids is 2. The Balaban J connectivity index is 1.63. The number of nitrogens with zero attached hydrogens (tertiary/aromatic N) is 3. The number of piperidine rings is 1. The Kier molecular flexibility index (Phi) is 7.42. The van der Waals surface area contributed by atoms with Gasteiger partial charge in [0.2, 0.25) is 0 Å². The van der Waals surface area contributed by atoms with E-state index >= 15 is 0 Å². The number of aliphatic hydroxyl groups is 1. The monoisotopic (exact) mass is 525 g/mol. The molecule has 7 nitrogen and oxygen atoms in total. The van der Waals surface area contributed by atoms with Crippen molar-refractivity contribution < 1.29 is 19.4 Å². The summed E-state index contributed by atoms with van der Waals surface area (Å²) in [5.41, 5.74) is 4.56. The fraction of sp³-hybridized carbons (Fsp3) is 0.344. The zero-order chi connectivity index (χ0) is 27.7. The van der Waals surface area contributed by atoms with Gasteiger partial charge in [0.25, 0.3) is 11.7 Å². The molecule has 1 atom stereocenters. The zero-order valence-corrected chi connectivity index (χ0v) is 23.0. The first-order valence-electron chi connectivity index (χ1n) is 13.6. The highest BCUT2D eigenvalue weighted by Crippen LogP contribution is 2.43. The molecular weight excluding hydrogens is 490 g/mol. The first-order valence-corrected chi connectivity index (χ1v) is 13.6. The molecule has 1 N–H and O–H groups in total. The van der Waals surface area contributed by atoms with Crippen LogP contribution in [0.1, 0.15) is 67.3 Å². The number of hydrogen-bond acceptors (Lipinski definition) is 6. The Bertz CT molecular complexity index is 1410. The third-order valence-electron chi connectivity index (χ3n) is 7.75. The van der Waals surface area contributed by atoms with Crippen LogP contribution in [0, 0.1) is 6.92 Å². The van der Waals surface area contributed by atoms with Crippen LogP contribution in [0.3, 0.4) is 0 Å². The van der Waals surface area contributed by atoms with Crippen LogP contribution in [-0.4, -0.2) is 42.0 Å². The van der Waals surface area contributed by atoms with E-state index in [1.165, 1.54) is 24.2 Å². The molecule has 0 saturated carbocycles. The molecule has 2 aliphatic heterocycles. The van der Waals surface area contributed by atoms with Crippen molar-refractivity contribution in [3.63, 3.8) is 0 Å². The van der Waals surface area contributed by atoms with Gasteiger partial charge in [0.15, 0.2) is 0 Å². The normalized spacial score (nSPS) is 19.2. The summed E-state index contributed by atoms with van der Waals surface area (Å²) in [7, 11) is 1.62. The van der Waals surface area contributed by atoms with Crippen LogP contribution in [0.5, 0.6) is 5.75 Å². The first-order chi connectivity index (χ1) is 18.8. The van der Waals surface area contributed by atoms with E-state index in [1.54, 1.807) is 25.6 Å². The molecule has 2 fully saturated rings. The summed E-state index contributed by atoms with van der Waals surface area (Å²) in [6, 6.07) is 14.3. The van der Waals surface area contributed by atoms with Gasteiger partial charge < -0.3 is 14.7 Å². The topological polar surface area (TPSA) is 83.0 Å². The Morgan fingerprint density at radius 3 is 2.33 bits per heavy atom. The molecule has 1 aromatic heterocycles. The number of anilines is 2. The van der Waals surface area contributed by atoms with Crippen molar-refractivity contribution in [3.05, 3.63) is 88.8 Å². The van der Waals surface area contributed by atoms with E-state index in [1.807, 2.05) is 63.2 Å². The molecule has 2 aliphatic rings. The maximum atomic E-state index is 13.6. The van der Waals surface area contributed by atoms with Gasteiger partial charge in [0.05, 0.1) is 18.7 Å². The van der Waals surface area contributed by atoms with Crippen LogP contribution in [-0.2, 0) is 9.59 Å². The van der Waals surface area contributed by atoms with E-state index < -0.39 is 17.7 Å². The van der Waals surface area contributed by atoms with Gasteiger partial charge >= 0.3 is 0 Å². The summed E-state index contributed by atoms with van der Waals surface area (Å²) >= 11 is 0. The molecule has 0 aliphatic carbocycles. The smallest absolute Gasteiger partial charge is 0.300 e. The molecule has 2 aromatic carbocycles. The average Bonchev–Trinajstić information content (AvgIpc) is 3.23. The quantitative estimate of drug-likeness (QED) is 0.237. The lowest BCUT2D eigenvalue weighted by molar-refractivity contribution is -0.132. The molecule has 39 heavy (non-hydrogen) atoms. The molecule has 1 unspecified atom stereocenters. The van der Waals surface area contributed by atoms with Crippen LogP contribution < -0.4 is 14.5 Å². The molecule has 0 spiro atoms. The number of hydrogen-bond donors (Lipinski definition) is 1. The minimum atomic E-state index is -0.816. The van der Waals surface area contributed by atoms with Crippen LogP contribution in [0.25, 0.3) is 5.76 Å². The molecule has 1 amide bonds. The van der Waals surface area contributed by atoms with Gasteiger partial charge in [-0.2, -0.15) is 0 Å². The zero-order valence-electron chi connectivity index (χ0n) is 23.0. The number of amides is 1.